The molecule has 0 saturated carbocycles. The molecular weight excluding hydrogens is 429 g/mol. The van der Waals surface area contributed by atoms with E-state index in [9.17, 15) is 17.6 Å². The van der Waals surface area contributed by atoms with E-state index in [0.29, 0.717) is 31.7 Å². The number of halogens is 1. The normalized spacial score (nSPS) is 14.3. The number of rotatable bonds is 5. The average molecular weight is 454 g/mol. The Labute approximate surface area is 187 Å². The molecule has 32 heavy (non-hydrogen) atoms. The van der Waals surface area contributed by atoms with Gasteiger partial charge in [0, 0.05) is 31.9 Å². The molecule has 0 aromatic heterocycles. The van der Waals surface area contributed by atoms with Gasteiger partial charge < -0.3 is 9.80 Å². The molecule has 166 valence electrons. The fourth-order valence-electron chi connectivity index (χ4n) is 3.67. The van der Waals surface area contributed by atoms with E-state index in [1.165, 1.54) is 24.3 Å². The Morgan fingerprint density at radius 2 is 1.50 bits per heavy atom. The van der Waals surface area contributed by atoms with E-state index in [4.69, 9.17) is 0 Å². The summed E-state index contributed by atoms with van der Waals surface area (Å²) in [5, 5.41) is 0. The summed E-state index contributed by atoms with van der Waals surface area (Å²) in [7, 11) is -3.82. The fourth-order valence-corrected chi connectivity index (χ4v) is 4.75. The molecule has 0 bridgehead atoms. The molecule has 6 nitrogen and oxygen atoms in total. The van der Waals surface area contributed by atoms with Crippen LogP contribution in [0.5, 0.6) is 0 Å². The maximum Gasteiger partial charge on any atom is 0.261 e. The molecule has 3 aromatic rings. The van der Waals surface area contributed by atoms with Crippen LogP contribution < -0.4 is 9.62 Å². The molecule has 1 heterocycles. The van der Waals surface area contributed by atoms with Crippen molar-refractivity contribution in [2.45, 2.75) is 11.8 Å². The van der Waals surface area contributed by atoms with Gasteiger partial charge in [-0.15, -0.1) is 0 Å². The number of piperazine rings is 1. The molecule has 1 fully saturated rings. The lowest BCUT2D eigenvalue weighted by Crippen LogP contribution is -2.49. The summed E-state index contributed by atoms with van der Waals surface area (Å²) in [5.74, 6) is -0.516. The van der Waals surface area contributed by atoms with Crippen LogP contribution in [-0.2, 0) is 10.0 Å². The number of anilines is 2. The van der Waals surface area contributed by atoms with Gasteiger partial charge in [0.15, 0.2) is 0 Å². The number of hydrogen-bond acceptors (Lipinski definition) is 4. The van der Waals surface area contributed by atoms with Crippen molar-refractivity contribution in [2.24, 2.45) is 0 Å². The summed E-state index contributed by atoms with van der Waals surface area (Å²) in [6, 6.07) is 19.4. The van der Waals surface area contributed by atoms with Gasteiger partial charge in [-0.2, -0.15) is 0 Å². The highest BCUT2D eigenvalue weighted by Gasteiger charge is 2.25. The summed E-state index contributed by atoms with van der Waals surface area (Å²) in [4.78, 5) is 17.1. The van der Waals surface area contributed by atoms with E-state index >= 15 is 0 Å². The quantitative estimate of drug-likeness (QED) is 0.636. The van der Waals surface area contributed by atoms with Crippen molar-refractivity contribution in [2.75, 3.05) is 35.8 Å². The Hall–Kier alpha value is -3.39. The van der Waals surface area contributed by atoms with Crippen molar-refractivity contribution in [3.63, 3.8) is 0 Å². The molecule has 1 aliphatic rings. The zero-order valence-corrected chi connectivity index (χ0v) is 18.5. The second kappa shape index (κ2) is 9.00. The number of carbonyl (C=O) groups excluding carboxylic acids is 1. The molecule has 4 rings (SSSR count). The van der Waals surface area contributed by atoms with Crippen LogP contribution in [0.15, 0.2) is 77.7 Å². The van der Waals surface area contributed by atoms with Gasteiger partial charge >= 0.3 is 0 Å². The van der Waals surface area contributed by atoms with Gasteiger partial charge in [-0.3, -0.25) is 9.52 Å². The Bertz CT molecular complexity index is 1200. The van der Waals surface area contributed by atoms with E-state index in [1.54, 1.807) is 53.4 Å². The number of nitrogens with one attached hydrogen (secondary N) is 1. The number of hydrogen-bond donors (Lipinski definition) is 1. The molecule has 0 radical (unpaired) electrons. The van der Waals surface area contributed by atoms with Crippen LogP contribution in [-0.4, -0.2) is 45.4 Å². The summed E-state index contributed by atoms with van der Waals surface area (Å²) in [5.41, 5.74) is 2.42. The largest absolute Gasteiger partial charge is 0.368 e. The molecule has 0 atom stereocenters. The van der Waals surface area contributed by atoms with E-state index in [-0.39, 0.29) is 22.3 Å². The van der Waals surface area contributed by atoms with E-state index in [2.05, 4.69) is 9.62 Å². The smallest absolute Gasteiger partial charge is 0.261 e. The lowest BCUT2D eigenvalue weighted by Gasteiger charge is -2.36. The highest BCUT2D eigenvalue weighted by Crippen LogP contribution is 2.23. The lowest BCUT2D eigenvalue weighted by molar-refractivity contribution is 0.0748. The fraction of sp³-hybridized carbons (Fsp3) is 0.208. The Balaban J connectivity index is 1.48. The van der Waals surface area contributed by atoms with Gasteiger partial charge in [-0.25, -0.2) is 12.8 Å². The van der Waals surface area contributed by atoms with Crippen molar-refractivity contribution in [3.8, 4) is 0 Å². The van der Waals surface area contributed by atoms with Crippen LogP contribution in [0.1, 0.15) is 15.9 Å². The first kappa shape index (κ1) is 21.8. The average Bonchev–Trinajstić information content (AvgIpc) is 2.80. The van der Waals surface area contributed by atoms with E-state index in [0.717, 1.165) is 11.3 Å². The van der Waals surface area contributed by atoms with Crippen LogP contribution in [0.3, 0.4) is 0 Å². The van der Waals surface area contributed by atoms with Gasteiger partial charge in [-0.1, -0.05) is 29.8 Å². The van der Waals surface area contributed by atoms with Crippen molar-refractivity contribution in [1.29, 1.82) is 0 Å². The topological polar surface area (TPSA) is 69.7 Å². The standard InChI is InChI=1S/C24H24FN3O3S/c1-18-6-12-21(13-7-18)32(30,31)26-23-5-3-2-4-22(23)24(29)28-16-14-27(15-17-28)20-10-8-19(25)9-11-20/h2-13,26H,14-17H2,1H3. The first-order chi connectivity index (χ1) is 15.3. The minimum Gasteiger partial charge on any atom is -0.368 e. The van der Waals surface area contributed by atoms with Crippen molar-refractivity contribution in [3.05, 3.63) is 89.7 Å². The third kappa shape index (κ3) is 4.75. The molecule has 1 amide bonds. The Morgan fingerprint density at radius 1 is 0.875 bits per heavy atom. The zero-order valence-electron chi connectivity index (χ0n) is 17.7. The van der Waals surface area contributed by atoms with E-state index < -0.39 is 10.0 Å². The highest BCUT2D eigenvalue weighted by molar-refractivity contribution is 7.92. The van der Waals surface area contributed by atoms with Crippen LogP contribution in [0.25, 0.3) is 0 Å². The number of sulfonamides is 1. The zero-order chi connectivity index (χ0) is 22.7. The van der Waals surface area contributed by atoms with Crippen molar-refractivity contribution in [1.82, 2.24) is 4.90 Å². The number of benzene rings is 3. The predicted molar refractivity (Wildman–Crippen MR) is 123 cm³/mol. The third-order valence-electron chi connectivity index (χ3n) is 5.49. The van der Waals surface area contributed by atoms with Gasteiger partial charge in [-0.05, 0) is 55.5 Å². The molecule has 0 spiro atoms. The van der Waals surface area contributed by atoms with Gasteiger partial charge in [0.1, 0.15) is 5.82 Å². The van der Waals surface area contributed by atoms with Crippen molar-refractivity contribution < 1.29 is 17.6 Å². The number of nitrogens with zero attached hydrogens (tertiary/aromatic N) is 2. The first-order valence-electron chi connectivity index (χ1n) is 10.3. The van der Waals surface area contributed by atoms with Crippen LogP contribution >= 0.6 is 0 Å². The van der Waals surface area contributed by atoms with Crippen LogP contribution in [0.4, 0.5) is 15.8 Å². The summed E-state index contributed by atoms with van der Waals surface area (Å²) in [6.07, 6.45) is 0. The third-order valence-corrected chi connectivity index (χ3v) is 6.87. The number of carbonyl (C=O) groups is 1. The maximum atomic E-state index is 13.2. The van der Waals surface area contributed by atoms with Gasteiger partial charge in [0.2, 0.25) is 0 Å². The SMILES string of the molecule is Cc1ccc(S(=O)(=O)Nc2ccccc2C(=O)N2CCN(c3ccc(F)cc3)CC2)cc1. The maximum absolute atomic E-state index is 13.2. The molecule has 1 aliphatic heterocycles. The molecule has 3 aromatic carbocycles. The van der Waals surface area contributed by atoms with E-state index in [1.807, 2.05) is 6.92 Å². The Morgan fingerprint density at radius 3 is 2.16 bits per heavy atom. The molecular formula is C24H24FN3O3S. The molecule has 0 unspecified atom stereocenters. The monoisotopic (exact) mass is 453 g/mol. The molecule has 1 saturated heterocycles. The molecule has 0 aliphatic carbocycles. The first-order valence-corrected chi connectivity index (χ1v) is 11.8. The number of aryl methyl sites for hydroxylation is 1. The molecule has 1 N–H and O–H groups in total. The van der Waals surface area contributed by atoms with Gasteiger partial charge in [0.25, 0.3) is 15.9 Å². The Kier molecular flexibility index (Phi) is 6.14. The molecule has 8 heteroatoms. The predicted octanol–water partition coefficient (Wildman–Crippen LogP) is 3.90. The minimum atomic E-state index is -3.82. The highest BCUT2D eigenvalue weighted by atomic mass is 32.2. The minimum absolute atomic E-state index is 0.137. The second-order valence-corrected chi connectivity index (χ2v) is 9.40. The second-order valence-electron chi connectivity index (χ2n) is 7.72. The lowest BCUT2D eigenvalue weighted by atomic mass is 10.1. The number of amides is 1. The van der Waals surface area contributed by atoms with Crippen LogP contribution in [0, 0.1) is 12.7 Å². The van der Waals surface area contributed by atoms with Gasteiger partial charge in [0.05, 0.1) is 16.1 Å². The summed E-state index contributed by atoms with van der Waals surface area (Å²) < 4.78 is 41.4. The summed E-state index contributed by atoms with van der Waals surface area (Å²) in [6.45, 7) is 4.06. The van der Waals surface area contributed by atoms with Crippen LogP contribution in [0.2, 0.25) is 0 Å². The summed E-state index contributed by atoms with van der Waals surface area (Å²) >= 11 is 0. The van der Waals surface area contributed by atoms with Crippen molar-refractivity contribution >= 4 is 27.3 Å². The number of para-hydroxylation sites is 1.